The zero-order chi connectivity index (χ0) is 12.7. The van der Waals surface area contributed by atoms with Gasteiger partial charge in [-0.1, -0.05) is 0 Å². The minimum Gasteiger partial charge on any atom is -0.452 e. The first kappa shape index (κ1) is 12.9. The number of hydrogen-bond donors (Lipinski definition) is 0. The zero-order valence-corrected chi connectivity index (χ0v) is 12.3. The van der Waals surface area contributed by atoms with Crippen LogP contribution >= 0.6 is 22.6 Å². The summed E-state index contributed by atoms with van der Waals surface area (Å²) < 4.78 is 23.5. The van der Waals surface area contributed by atoms with Crippen LogP contribution in [0.4, 0.5) is 0 Å². The molecular weight excluding hydrogens is 335 g/mol. The van der Waals surface area contributed by atoms with Gasteiger partial charge in [0.2, 0.25) is 0 Å². The maximum Gasteiger partial charge on any atom is 0.273 e. The van der Waals surface area contributed by atoms with Crippen molar-refractivity contribution in [2.45, 2.75) is 25.4 Å². The third kappa shape index (κ3) is 1.90. The van der Waals surface area contributed by atoms with Gasteiger partial charge in [-0.2, -0.15) is 0 Å². The van der Waals surface area contributed by atoms with Crippen molar-refractivity contribution in [1.29, 1.82) is 0 Å². The molecule has 17 heavy (non-hydrogen) atoms. The van der Waals surface area contributed by atoms with Crippen molar-refractivity contribution in [2.24, 2.45) is 0 Å². The van der Waals surface area contributed by atoms with Crippen molar-refractivity contribution >= 4 is 22.6 Å². The Labute approximate surface area is 114 Å². The predicted octanol–water partition coefficient (Wildman–Crippen LogP) is 2.59. The second-order valence-corrected chi connectivity index (χ2v) is 5.16. The number of fused-ring (bicyclic) bond motifs is 1. The highest BCUT2D eigenvalue weighted by Gasteiger charge is 2.54. The average molecular weight is 349 g/mol. The summed E-state index contributed by atoms with van der Waals surface area (Å²) in [4.78, 5) is 0. The fourth-order valence-electron chi connectivity index (χ4n) is 1.66. The summed E-state index contributed by atoms with van der Waals surface area (Å²) in [5.74, 6) is -0.748. The van der Waals surface area contributed by atoms with Gasteiger partial charge in [-0.05, 0) is 40.8 Å². The molecule has 1 aliphatic heterocycles. The van der Waals surface area contributed by atoms with E-state index in [1.165, 1.54) is 0 Å². The van der Waals surface area contributed by atoms with Crippen LogP contribution in [0.1, 0.15) is 13.8 Å². The topological polar surface area (TPSA) is 36.9 Å². The van der Waals surface area contributed by atoms with E-state index in [1.807, 2.05) is 6.07 Å². The molecule has 1 aromatic rings. The van der Waals surface area contributed by atoms with Gasteiger partial charge in [0, 0.05) is 28.1 Å². The highest BCUT2D eigenvalue weighted by molar-refractivity contribution is 14.1. The first-order valence-corrected chi connectivity index (χ1v) is 6.21. The van der Waals surface area contributed by atoms with Crippen molar-refractivity contribution in [1.82, 2.24) is 0 Å². The van der Waals surface area contributed by atoms with E-state index < -0.39 is 11.6 Å². The van der Waals surface area contributed by atoms with Crippen LogP contribution in [-0.4, -0.2) is 25.8 Å². The Kier molecular flexibility index (Phi) is 3.26. The molecule has 0 aliphatic carbocycles. The van der Waals surface area contributed by atoms with Crippen LogP contribution in [0, 0.1) is 9.64 Å². The van der Waals surface area contributed by atoms with Crippen LogP contribution in [0.3, 0.4) is 0 Å². The highest BCUT2D eigenvalue weighted by Crippen LogP contribution is 2.45. The largest absolute Gasteiger partial charge is 0.452 e. The zero-order valence-electron chi connectivity index (χ0n) is 10.2. The van der Waals surface area contributed by atoms with E-state index in [4.69, 9.17) is 18.9 Å². The Morgan fingerprint density at radius 1 is 1.12 bits per heavy atom. The Balaban J connectivity index is 2.52. The molecule has 2 atom stereocenters. The molecule has 5 heteroatoms. The van der Waals surface area contributed by atoms with E-state index in [1.54, 1.807) is 34.1 Å². The molecule has 2 rings (SSSR count). The number of halogens is 1. The SMILES string of the molecule is COC1(C)Oc2c[c]cc(I)c2OC1(C)OC. The lowest BCUT2D eigenvalue weighted by Crippen LogP contribution is -2.62. The summed E-state index contributed by atoms with van der Waals surface area (Å²) in [5.41, 5.74) is 0. The summed E-state index contributed by atoms with van der Waals surface area (Å²) >= 11 is 2.17. The number of methoxy groups -OCH3 is 2. The van der Waals surface area contributed by atoms with E-state index in [2.05, 4.69) is 28.7 Å². The Morgan fingerprint density at radius 3 is 2.29 bits per heavy atom. The van der Waals surface area contributed by atoms with Crippen LogP contribution in [0.2, 0.25) is 0 Å². The molecule has 93 valence electrons. The maximum absolute atomic E-state index is 5.91. The molecule has 0 aromatic heterocycles. The molecule has 0 fully saturated rings. The second kappa shape index (κ2) is 4.29. The van der Waals surface area contributed by atoms with Crippen molar-refractivity contribution < 1.29 is 18.9 Å². The first-order valence-electron chi connectivity index (χ1n) is 5.13. The lowest BCUT2D eigenvalue weighted by molar-refractivity contribution is -0.345. The van der Waals surface area contributed by atoms with Gasteiger partial charge in [0.25, 0.3) is 11.6 Å². The third-order valence-corrected chi connectivity index (χ3v) is 3.87. The highest BCUT2D eigenvalue weighted by atomic mass is 127. The van der Waals surface area contributed by atoms with Gasteiger partial charge in [0.15, 0.2) is 11.5 Å². The van der Waals surface area contributed by atoms with Crippen LogP contribution in [-0.2, 0) is 9.47 Å². The standard InChI is InChI=1S/C12H14IO4/c1-11(14-3)12(2,15-4)17-10-8(13)6-5-7-9(10)16-11/h6-7H,1-4H3. The molecule has 0 N–H and O–H groups in total. The molecule has 4 nitrogen and oxygen atoms in total. The van der Waals surface area contributed by atoms with Gasteiger partial charge < -0.3 is 18.9 Å². The molecule has 1 heterocycles. The van der Waals surface area contributed by atoms with E-state index in [0.29, 0.717) is 11.5 Å². The van der Waals surface area contributed by atoms with Crippen LogP contribution in [0.15, 0.2) is 12.1 Å². The number of ether oxygens (including phenoxy) is 4. The summed E-state index contributed by atoms with van der Waals surface area (Å²) in [5, 5.41) is 0. The van der Waals surface area contributed by atoms with E-state index in [0.717, 1.165) is 3.57 Å². The van der Waals surface area contributed by atoms with Crippen LogP contribution in [0.5, 0.6) is 11.5 Å². The molecule has 0 amide bonds. The van der Waals surface area contributed by atoms with Gasteiger partial charge in [-0.15, -0.1) is 0 Å². The minimum atomic E-state index is -1.01. The van der Waals surface area contributed by atoms with Crippen molar-refractivity contribution in [3.05, 3.63) is 21.8 Å². The molecule has 0 bridgehead atoms. The summed E-state index contributed by atoms with van der Waals surface area (Å²) in [6.07, 6.45) is 0. The monoisotopic (exact) mass is 349 g/mol. The molecule has 0 spiro atoms. The maximum atomic E-state index is 5.91. The minimum absolute atomic E-state index is 0.607. The molecular formula is C12H14IO4. The summed E-state index contributed by atoms with van der Waals surface area (Å²) in [7, 11) is 3.12. The molecule has 1 radical (unpaired) electrons. The summed E-state index contributed by atoms with van der Waals surface area (Å²) in [6, 6.07) is 6.54. The number of hydrogen-bond acceptors (Lipinski definition) is 4. The predicted molar refractivity (Wildman–Crippen MR) is 70.1 cm³/mol. The van der Waals surface area contributed by atoms with E-state index >= 15 is 0 Å². The number of benzene rings is 1. The molecule has 2 unspecified atom stereocenters. The lowest BCUT2D eigenvalue weighted by Gasteiger charge is -2.46. The fraction of sp³-hybridized carbons (Fsp3) is 0.500. The van der Waals surface area contributed by atoms with Crippen molar-refractivity contribution in [2.75, 3.05) is 14.2 Å². The third-order valence-electron chi connectivity index (χ3n) is 3.07. The van der Waals surface area contributed by atoms with Gasteiger partial charge in [0.05, 0.1) is 3.57 Å². The fourth-order valence-corrected chi connectivity index (χ4v) is 2.21. The molecule has 1 aliphatic rings. The second-order valence-electron chi connectivity index (χ2n) is 4.00. The Hall–Kier alpha value is -0.530. The van der Waals surface area contributed by atoms with Gasteiger partial charge in [-0.3, -0.25) is 0 Å². The van der Waals surface area contributed by atoms with E-state index in [9.17, 15) is 0 Å². The normalized spacial score (nSPS) is 31.4. The van der Waals surface area contributed by atoms with Crippen LogP contribution < -0.4 is 9.47 Å². The lowest BCUT2D eigenvalue weighted by atomic mass is 10.1. The number of rotatable bonds is 2. The van der Waals surface area contributed by atoms with Crippen molar-refractivity contribution in [3.63, 3.8) is 0 Å². The van der Waals surface area contributed by atoms with E-state index in [-0.39, 0.29) is 0 Å². The molecule has 1 aromatic carbocycles. The first-order chi connectivity index (χ1) is 7.96. The van der Waals surface area contributed by atoms with Crippen molar-refractivity contribution in [3.8, 4) is 11.5 Å². The van der Waals surface area contributed by atoms with Crippen LogP contribution in [0.25, 0.3) is 0 Å². The average Bonchev–Trinajstić information content (AvgIpc) is 2.32. The summed E-state index contributed by atoms with van der Waals surface area (Å²) in [6.45, 7) is 3.56. The molecule has 0 saturated carbocycles. The van der Waals surface area contributed by atoms with Gasteiger partial charge >= 0.3 is 0 Å². The quantitative estimate of drug-likeness (QED) is 0.770. The molecule has 0 saturated heterocycles. The Bertz CT molecular complexity index is 437. The smallest absolute Gasteiger partial charge is 0.273 e. The Morgan fingerprint density at radius 2 is 1.71 bits per heavy atom. The van der Waals surface area contributed by atoms with Gasteiger partial charge in [-0.25, -0.2) is 0 Å². The van der Waals surface area contributed by atoms with Gasteiger partial charge in [0.1, 0.15) is 0 Å².